The lowest BCUT2D eigenvalue weighted by atomic mass is 10.2. The fourth-order valence-corrected chi connectivity index (χ4v) is 3.50. The predicted octanol–water partition coefficient (Wildman–Crippen LogP) is 4.10. The number of para-hydroxylation sites is 1. The zero-order chi connectivity index (χ0) is 19.3. The summed E-state index contributed by atoms with van der Waals surface area (Å²) >= 11 is 0. The van der Waals surface area contributed by atoms with Crippen LogP contribution in [0, 0.1) is 6.92 Å². The Balaban J connectivity index is 1.41. The molecule has 1 amide bonds. The molecule has 0 saturated carbocycles. The molecule has 2 aromatic carbocycles. The van der Waals surface area contributed by atoms with Gasteiger partial charge < -0.3 is 15.1 Å². The van der Waals surface area contributed by atoms with Crippen LogP contribution in [0.3, 0.4) is 0 Å². The second kappa shape index (κ2) is 8.13. The Morgan fingerprint density at radius 2 is 1.68 bits per heavy atom. The molecular weight excluding hydrogens is 348 g/mol. The first-order chi connectivity index (χ1) is 13.7. The van der Waals surface area contributed by atoms with Gasteiger partial charge >= 0.3 is 0 Å². The SMILES string of the molecule is Cc1cccc(Nc2cncc(C(=O)N3CCN(c4ccccc4)CC3)c2)c1. The number of amides is 1. The van der Waals surface area contributed by atoms with E-state index >= 15 is 0 Å². The first kappa shape index (κ1) is 18.0. The third kappa shape index (κ3) is 4.14. The van der Waals surface area contributed by atoms with Crippen molar-refractivity contribution in [2.75, 3.05) is 36.4 Å². The predicted molar refractivity (Wildman–Crippen MR) is 113 cm³/mol. The second-order valence-electron chi connectivity index (χ2n) is 7.07. The molecule has 5 heteroatoms. The number of nitrogens with one attached hydrogen (secondary N) is 1. The maximum absolute atomic E-state index is 12.9. The molecule has 0 unspecified atom stereocenters. The van der Waals surface area contributed by atoms with Crippen molar-refractivity contribution in [2.24, 2.45) is 0 Å². The van der Waals surface area contributed by atoms with E-state index in [9.17, 15) is 4.79 Å². The van der Waals surface area contributed by atoms with Gasteiger partial charge in [-0.15, -0.1) is 0 Å². The first-order valence-corrected chi connectivity index (χ1v) is 9.57. The van der Waals surface area contributed by atoms with Gasteiger partial charge in [0.1, 0.15) is 0 Å². The van der Waals surface area contributed by atoms with Crippen molar-refractivity contribution in [3.05, 3.63) is 84.2 Å². The van der Waals surface area contributed by atoms with Crippen molar-refractivity contribution in [3.63, 3.8) is 0 Å². The fraction of sp³-hybridized carbons (Fsp3) is 0.217. The number of carbonyl (C=O) groups is 1. The summed E-state index contributed by atoms with van der Waals surface area (Å²) in [4.78, 5) is 21.4. The number of aryl methyl sites for hydroxylation is 1. The van der Waals surface area contributed by atoms with Gasteiger partial charge in [-0.25, -0.2) is 0 Å². The molecule has 5 nitrogen and oxygen atoms in total. The van der Waals surface area contributed by atoms with Crippen LogP contribution in [-0.4, -0.2) is 42.0 Å². The molecule has 3 aromatic rings. The Labute approximate surface area is 165 Å². The molecule has 2 heterocycles. The monoisotopic (exact) mass is 372 g/mol. The standard InChI is InChI=1S/C23H24N4O/c1-18-6-5-7-20(14-18)25-21-15-19(16-24-17-21)23(28)27-12-10-26(11-13-27)22-8-3-2-4-9-22/h2-9,14-17,25H,10-13H2,1H3. The number of benzene rings is 2. The summed E-state index contributed by atoms with van der Waals surface area (Å²) in [6, 6.07) is 20.3. The Kier molecular flexibility index (Phi) is 5.24. The van der Waals surface area contributed by atoms with Gasteiger partial charge in [0.25, 0.3) is 5.91 Å². The van der Waals surface area contributed by atoms with E-state index in [2.05, 4.69) is 46.4 Å². The molecule has 1 aliphatic heterocycles. The van der Waals surface area contributed by atoms with Crippen LogP contribution < -0.4 is 10.2 Å². The molecule has 1 fully saturated rings. The van der Waals surface area contributed by atoms with E-state index < -0.39 is 0 Å². The molecule has 4 rings (SSSR count). The zero-order valence-electron chi connectivity index (χ0n) is 16.0. The molecule has 0 spiro atoms. The van der Waals surface area contributed by atoms with Crippen LogP contribution in [0.15, 0.2) is 73.1 Å². The van der Waals surface area contributed by atoms with Crippen molar-refractivity contribution < 1.29 is 4.79 Å². The molecule has 1 N–H and O–H groups in total. The van der Waals surface area contributed by atoms with E-state index in [-0.39, 0.29) is 5.91 Å². The number of hydrogen-bond donors (Lipinski definition) is 1. The summed E-state index contributed by atoms with van der Waals surface area (Å²) in [5, 5.41) is 3.33. The first-order valence-electron chi connectivity index (χ1n) is 9.57. The van der Waals surface area contributed by atoms with Crippen LogP contribution in [0.25, 0.3) is 0 Å². The van der Waals surface area contributed by atoms with E-state index in [0.717, 1.165) is 24.5 Å². The molecule has 1 aliphatic rings. The van der Waals surface area contributed by atoms with Gasteiger partial charge in [0.2, 0.25) is 0 Å². The molecule has 1 aromatic heterocycles. The average Bonchev–Trinajstić information content (AvgIpc) is 2.74. The number of pyridine rings is 1. The second-order valence-corrected chi connectivity index (χ2v) is 7.07. The number of rotatable bonds is 4. The van der Waals surface area contributed by atoms with Crippen molar-refractivity contribution >= 4 is 23.0 Å². The van der Waals surface area contributed by atoms with Gasteiger partial charge in [0.15, 0.2) is 0 Å². The molecule has 0 atom stereocenters. The Bertz CT molecular complexity index is 950. The average molecular weight is 372 g/mol. The molecule has 28 heavy (non-hydrogen) atoms. The number of anilines is 3. The zero-order valence-corrected chi connectivity index (χ0v) is 16.0. The molecule has 1 saturated heterocycles. The van der Waals surface area contributed by atoms with E-state index in [1.807, 2.05) is 41.3 Å². The highest BCUT2D eigenvalue weighted by Gasteiger charge is 2.22. The Morgan fingerprint density at radius 3 is 2.43 bits per heavy atom. The number of nitrogens with zero attached hydrogens (tertiary/aromatic N) is 3. The van der Waals surface area contributed by atoms with Crippen LogP contribution >= 0.6 is 0 Å². The normalized spacial score (nSPS) is 14.0. The third-order valence-corrected chi connectivity index (χ3v) is 4.98. The largest absolute Gasteiger partial charge is 0.368 e. The van der Waals surface area contributed by atoms with Gasteiger partial charge in [0.05, 0.1) is 17.4 Å². The van der Waals surface area contributed by atoms with Crippen LogP contribution in [0.4, 0.5) is 17.1 Å². The summed E-state index contributed by atoms with van der Waals surface area (Å²) in [7, 11) is 0. The summed E-state index contributed by atoms with van der Waals surface area (Å²) in [6.07, 6.45) is 3.39. The summed E-state index contributed by atoms with van der Waals surface area (Å²) in [5.74, 6) is 0.0353. The van der Waals surface area contributed by atoms with E-state index in [4.69, 9.17) is 0 Å². The van der Waals surface area contributed by atoms with Crippen molar-refractivity contribution in [1.82, 2.24) is 9.88 Å². The molecular formula is C23H24N4O. The number of aromatic nitrogens is 1. The Morgan fingerprint density at radius 1 is 0.893 bits per heavy atom. The van der Waals surface area contributed by atoms with Gasteiger partial charge in [-0.1, -0.05) is 30.3 Å². The number of piperazine rings is 1. The summed E-state index contributed by atoms with van der Waals surface area (Å²) in [6.45, 7) is 5.15. The third-order valence-electron chi connectivity index (χ3n) is 4.98. The Hall–Kier alpha value is -3.34. The quantitative estimate of drug-likeness (QED) is 0.749. The minimum absolute atomic E-state index is 0.0353. The lowest BCUT2D eigenvalue weighted by Crippen LogP contribution is -2.48. The molecule has 0 radical (unpaired) electrons. The van der Waals surface area contributed by atoms with E-state index in [1.54, 1.807) is 12.4 Å². The fourth-order valence-electron chi connectivity index (χ4n) is 3.50. The highest BCUT2D eigenvalue weighted by Crippen LogP contribution is 2.20. The topological polar surface area (TPSA) is 48.5 Å². The molecule has 0 bridgehead atoms. The highest BCUT2D eigenvalue weighted by atomic mass is 16.2. The van der Waals surface area contributed by atoms with Crippen LogP contribution in [0.1, 0.15) is 15.9 Å². The van der Waals surface area contributed by atoms with Crippen LogP contribution in [0.2, 0.25) is 0 Å². The van der Waals surface area contributed by atoms with Crippen molar-refractivity contribution in [1.29, 1.82) is 0 Å². The maximum atomic E-state index is 12.9. The molecule has 142 valence electrons. The molecule has 0 aliphatic carbocycles. The van der Waals surface area contributed by atoms with Crippen LogP contribution in [-0.2, 0) is 0 Å². The van der Waals surface area contributed by atoms with Crippen LogP contribution in [0.5, 0.6) is 0 Å². The summed E-state index contributed by atoms with van der Waals surface area (Å²) in [5.41, 5.74) is 4.81. The van der Waals surface area contributed by atoms with Gasteiger partial charge in [0, 0.05) is 43.8 Å². The number of carbonyl (C=O) groups excluding carboxylic acids is 1. The lowest BCUT2D eigenvalue weighted by molar-refractivity contribution is 0.0746. The number of hydrogen-bond acceptors (Lipinski definition) is 4. The minimum Gasteiger partial charge on any atom is -0.368 e. The van der Waals surface area contributed by atoms with E-state index in [1.165, 1.54) is 11.3 Å². The van der Waals surface area contributed by atoms with Crippen molar-refractivity contribution in [2.45, 2.75) is 6.92 Å². The van der Waals surface area contributed by atoms with E-state index in [0.29, 0.717) is 18.7 Å². The van der Waals surface area contributed by atoms with Gasteiger partial charge in [-0.3, -0.25) is 9.78 Å². The maximum Gasteiger partial charge on any atom is 0.255 e. The van der Waals surface area contributed by atoms with Crippen molar-refractivity contribution in [3.8, 4) is 0 Å². The lowest BCUT2D eigenvalue weighted by Gasteiger charge is -2.36. The minimum atomic E-state index is 0.0353. The summed E-state index contributed by atoms with van der Waals surface area (Å²) < 4.78 is 0. The smallest absolute Gasteiger partial charge is 0.255 e. The van der Waals surface area contributed by atoms with Gasteiger partial charge in [-0.2, -0.15) is 0 Å². The highest BCUT2D eigenvalue weighted by molar-refractivity contribution is 5.95. The van der Waals surface area contributed by atoms with Gasteiger partial charge in [-0.05, 0) is 42.8 Å².